The Morgan fingerprint density at radius 3 is 1.74 bits per heavy atom. The fraction of sp³-hybridized carbons (Fsp3) is 0.762. The first-order valence-corrected chi connectivity index (χ1v) is 10.1. The molecule has 0 saturated heterocycles. The van der Waals surface area contributed by atoms with Crippen LogP contribution < -0.4 is 0 Å². The Morgan fingerprint density at radius 1 is 0.963 bits per heavy atom. The second-order valence-corrected chi connectivity index (χ2v) is 7.35. The zero-order chi connectivity index (χ0) is 20.7. The molecule has 0 aromatic carbocycles. The van der Waals surface area contributed by atoms with Crippen LogP contribution in [0.1, 0.15) is 59.3 Å². The lowest BCUT2D eigenvalue weighted by molar-refractivity contribution is -0.947. The van der Waals surface area contributed by atoms with E-state index in [2.05, 4.69) is 0 Å². The number of aliphatic carboxylic acids is 1. The average molecular weight is 387 g/mol. The zero-order valence-electron chi connectivity index (χ0n) is 17.3. The van der Waals surface area contributed by atoms with Gasteiger partial charge in [-0.25, -0.2) is 4.79 Å². The van der Waals surface area contributed by atoms with Crippen LogP contribution in [0.2, 0.25) is 0 Å². The predicted octanol–water partition coefficient (Wildman–Crippen LogP) is 2.48. The van der Waals surface area contributed by atoms with Crippen LogP contribution in [0, 0.1) is 0 Å². The Balaban J connectivity index is 5.12. The highest BCUT2D eigenvalue weighted by Crippen LogP contribution is 2.20. The normalized spacial score (nSPS) is 17.9. The Kier molecular flexibility index (Phi) is 14.1. The summed E-state index contributed by atoms with van der Waals surface area (Å²) in [5.74, 6) is -0.981. The summed E-state index contributed by atoms with van der Waals surface area (Å²) in [7, 11) is 0. The van der Waals surface area contributed by atoms with Crippen molar-refractivity contribution in [2.24, 2.45) is 0 Å². The van der Waals surface area contributed by atoms with Crippen LogP contribution >= 0.6 is 0 Å². The van der Waals surface area contributed by atoms with Gasteiger partial charge in [-0.05, 0) is 59.3 Å². The first kappa shape index (κ1) is 25.8. The van der Waals surface area contributed by atoms with Gasteiger partial charge in [0.15, 0.2) is 6.04 Å². The van der Waals surface area contributed by atoms with E-state index in [1.807, 2.05) is 38.2 Å². The number of rotatable bonds is 16. The Bertz CT molecular complexity index is 424. The molecule has 4 N–H and O–H groups in total. The zero-order valence-corrected chi connectivity index (χ0v) is 17.3. The third-order valence-electron chi connectivity index (χ3n) is 5.16. The van der Waals surface area contributed by atoms with E-state index in [1.54, 1.807) is 6.92 Å². The molecule has 6 nitrogen and oxygen atoms in total. The van der Waals surface area contributed by atoms with Crippen molar-refractivity contribution in [3.8, 4) is 0 Å². The molecule has 3 atom stereocenters. The number of aliphatic hydroxyl groups excluding tert-OH is 3. The smallest absolute Gasteiger partial charge is 0.362 e. The number of hydrogen-bond donors (Lipinski definition) is 4. The van der Waals surface area contributed by atoms with Crippen molar-refractivity contribution in [3.05, 3.63) is 24.3 Å². The Hall–Kier alpha value is -1.21. The molecule has 0 aliphatic heterocycles. The molecule has 0 aliphatic rings. The topological polar surface area (TPSA) is 98.0 Å². The highest BCUT2D eigenvalue weighted by molar-refractivity contribution is 5.71. The maximum absolute atomic E-state index is 11.7. The second-order valence-electron chi connectivity index (χ2n) is 7.35. The van der Waals surface area contributed by atoms with Crippen LogP contribution in [0.5, 0.6) is 0 Å². The highest BCUT2D eigenvalue weighted by Gasteiger charge is 2.41. The first-order valence-electron chi connectivity index (χ1n) is 10.1. The summed E-state index contributed by atoms with van der Waals surface area (Å²) < 4.78 is -0.0125. The molecule has 0 fully saturated rings. The molecule has 27 heavy (non-hydrogen) atoms. The van der Waals surface area contributed by atoms with Crippen molar-refractivity contribution in [2.75, 3.05) is 26.2 Å². The molecule has 0 aromatic heterocycles. The summed E-state index contributed by atoms with van der Waals surface area (Å²) in [6.07, 6.45) is 11.2. The van der Waals surface area contributed by atoms with Gasteiger partial charge in [0.1, 0.15) is 31.8 Å². The van der Waals surface area contributed by atoms with Gasteiger partial charge in [-0.2, -0.15) is 0 Å². The molecule has 6 heteroatoms. The molecule has 0 aliphatic carbocycles. The summed E-state index contributed by atoms with van der Waals surface area (Å²) in [6.45, 7) is 5.94. The number of hydrogen-bond acceptors (Lipinski definition) is 4. The van der Waals surface area contributed by atoms with Crippen molar-refractivity contribution < 1.29 is 29.7 Å². The van der Waals surface area contributed by atoms with Crippen LogP contribution in [0.3, 0.4) is 0 Å². The highest BCUT2D eigenvalue weighted by atomic mass is 16.4. The number of carboxylic acids is 1. The van der Waals surface area contributed by atoms with Gasteiger partial charge in [0.25, 0.3) is 0 Å². The van der Waals surface area contributed by atoms with E-state index >= 15 is 0 Å². The fourth-order valence-corrected chi connectivity index (χ4v) is 3.50. The fourth-order valence-electron chi connectivity index (χ4n) is 3.50. The lowest BCUT2D eigenvalue weighted by atomic mass is 10.0. The standard InChI is InChI=1S/C21H39NO5/c1-4-6-8-10-12-19(24)16-22(14-15-23,18(3)21(26)27)17-20(25)13-11-9-7-5-2/h4-7,18-20,23-25H,8-17H2,1-3H3/p+1/b6-4+,7-5+. The molecular weight excluding hydrogens is 346 g/mol. The van der Waals surface area contributed by atoms with Crippen LogP contribution in [0.25, 0.3) is 0 Å². The number of carboxylic acid groups (broad SMARTS) is 1. The van der Waals surface area contributed by atoms with Gasteiger partial charge in [0.05, 0.1) is 6.61 Å². The van der Waals surface area contributed by atoms with Gasteiger partial charge in [-0.1, -0.05) is 24.3 Å². The molecule has 3 unspecified atom stereocenters. The molecule has 0 rings (SSSR count). The molecule has 0 spiro atoms. The van der Waals surface area contributed by atoms with Crippen molar-refractivity contribution in [1.82, 2.24) is 0 Å². The Labute approximate surface area is 164 Å². The van der Waals surface area contributed by atoms with E-state index in [-0.39, 0.29) is 30.7 Å². The minimum atomic E-state index is -0.981. The lowest BCUT2D eigenvalue weighted by Crippen LogP contribution is -2.64. The molecule has 0 aromatic rings. The molecule has 0 amide bonds. The van der Waals surface area contributed by atoms with Crippen molar-refractivity contribution in [2.45, 2.75) is 77.5 Å². The summed E-state index contributed by atoms with van der Waals surface area (Å²) in [4.78, 5) is 11.7. The van der Waals surface area contributed by atoms with Gasteiger partial charge in [-0.3, -0.25) is 0 Å². The maximum Gasteiger partial charge on any atom is 0.362 e. The van der Waals surface area contributed by atoms with E-state index in [0.29, 0.717) is 12.8 Å². The maximum atomic E-state index is 11.7. The molecule has 0 radical (unpaired) electrons. The summed E-state index contributed by atoms with van der Waals surface area (Å²) in [5.41, 5.74) is 0. The van der Waals surface area contributed by atoms with Crippen LogP contribution in [0.4, 0.5) is 0 Å². The van der Waals surface area contributed by atoms with Gasteiger partial charge in [0, 0.05) is 0 Å². The predicted molar refractivity (Wildman–Crippen MR) is 108 cm³/mol. The number of quaternary nitrogens is 1. The second kappa shape index (κ2) is 14.8. The third-order valence-corrected chi connectivity index (χ3v) is 5.16. The minimum absolute atomic E-state index is 0.0125. The average Bonchev–Trinajstić information content (AvgIpc) is 2.61. The summed E-state index contributed by atoms with van der Waals surface area (Å²) in [5, 5.41) is 40.1. The van der Waals surface area contributed by atoms with Gasteiger partial charge < -0.3 is 24.9 Å². The number of aliphatic hydroxyl groups is 3. The Morgan fingerprint density at radius 2 is 1.41 bits per heavy atom. The number of nitrogens with zero attached hydrogens (tertiary/aromatic N) is 1. The van der Waals surface area contributed by atoms with Crippen molar-refractivity contribution in [1.29, 1.82) is 0 Å². The molecule has 0 bridgehead atoms. The van der Waals surface area contributed by atoms with Gasteiger partial charge in [-0.15, -0.1) is 0 Å². The van der Waals surface area contributed by atoms with Crippen molar-refractivity contribution >= 4 is 5.97 Å². The van der Waals surface area contributed by atoms with Crippen molar-refractivity contribution in [3.63, 3.8) is 0 Å². The van der Waals surface area contributed by atoms with E-state index in [9.17, 15) is 25.2 Å². The van der Waals surface area contributed by atoms with E-state index < -0.39 is 24.2 Å². The van der Waals surface area contributed by atoms with E-state index in [4.69, 9.17) is 0 Å². The number of unbranched alkanes of at least 4 members (excludes halogenated alkanes) is 2. The number of allylic oxidation sites excluding steroid dienone is 4. The summed E-state index contributed by atoms with van der Waals surface area (Å²) >= 11 is 0. The SMILES string of the molecule is C/C=C/CCCC(O)C[N+](CCO)(CC(O)CCC/C=C/C)C(C)C(=O)O. The monoisotopic (exact) mass is 386 g/mol. The largest absolute Gasteiger partial charge is 0.477 e. The molecule has 0 heterocycles. The van der Waals surface area contributed by atoms with Gasteiger partial charge >= 0.3 is 5.97 Å². The van der Waals surface area contributed by atoms with Crippen LogP contribution in [0.15, 0.2) is 24.3 Å². The first-order chi connectivity index (χ1) is 12.8. The number of carbonyl (C=O) groups is 1. The van der Waals surface area contributed by atoms with Gasteiger partial charge in [0.2, 0.25) is 0 Å². The van der Waals surface area contributed by atoms with Crippen LogP contribution in [-0.4, -0.2) is 75.4 Å². The van der Waals surface area contributed by atoms with Crippen LogP contribution in [-0.2, 0) is 4.79 Å². The molecule has 0 saturated carbocycles. The lowest BCUT2D eigenvalue weighted by Gasteiger charge is -2.43. The van der Waals surface area contributed by atoms with E-state index in [0.717, 1.165) is 25.7 Å². The third kappa shape index (κ3) is 10.6. The molecular formula is C21H40NO5+. The van der Waals surface area contributed by atoms with E-state index in [1.165, 1.54) is 0 Å². The molecule has 158 valence electrons. The quantitative estimate of drug-likeness (QED) is 0.186. The minimum Gasteiger partial charge on any atom is -0.477 e. The summed E-state index contributed by atoms with van der Waals surface area (Å²) in [6, 6.07) is -0.812.